The largest absolute Gasteiger partial charge is 0.476 e. The Labute approximate surface area is 150 Å². The molecule has 1 saturated heterocycles. The lowest BCUT2D eigenvalue weighted by Crippen LogP contribution is -2.38. The number of hydrogen-bond acceptors (Lipinski definition) is 5. The van der Waals surface area contributed by atoms with E-state index in [0.29, 0.717) is 29.3 Å². The molecule has 0 radical (unpaired) electrons. The lowest BCUT2D eigenvalue weighted by molar-refractivity contribution is 0.0320. The molecule has 0 aliphatic carbocycles. The number of nitrogens with zero attached hydrogens (tertiary/aromatic N) is 2. The number of aromatic nitrogens is 1. The number of rotatable bonds is 6. The van der Waals surface area contributed by atoms with Crippen LogP contribution in [0.15, 0.2) is 36.5 Å². The molecule has 1 aromatic carbocycles. The molecule has 2 heterocycles. The lowest BCUT2D eigenvalue weighted by Gasteiger charge is -2.26. The number of nitrogens with two attached hydrogens (primary N) is 1. The Hall–Kier alpha value is -2.71. The number of ether oxygens (including phenoxy) is 2. The lowest BCUT2D eigenvalue weighted by atomic mass is 10.1. The summed E-state index contributed by atoms with van der Waals surface area (Å²) in [5.41, 5.74) is 6.41. The van der Waals surface area contributed by atoms with Gasteiger partial charge in [-0.15, -0.1) is 0 Å². The molecule has 0 bridgehead atoms. The molecule has 2 aromatic rings. The fraction of sp³-hybridized carbons (Fsp3) is 0.333. The maximum absolute atomic E-state index is 14.1. The van der Waals surface area contributed by atoms with Gasteiger partial charge in [-0.2, -0.15) is 0 Å². The summed E-state index contributed by atoms with van der Waals surface area (Å²) in [6.07, 6.45) is 1.54. The molecular formula is C18H21FN4O3. The van der Waals surface area contributed by atoms with Gasteiger partial charge in [-0.3, -0.25) is 4.90 Å². The van der Waals surface area contributed by atoms with Crippen molar-refractivity contribution in [3.05, 3.63) is 42.3 Å². The number of carbonyl (C=O) groups excluding carboxylic acids is 1. The van der Waals surface area contributed by atoms with E-state index in [-0.39, 0.29) is 0 Å². The SMILES string of the molecule is NC(=O)Nc1ccc(F)c(-c2ccc(OCCN3CCOCC3)nc2)c1. The second-order valence-corrected chi connectivity index (χ2v) is 5.87. The molecule has 138 valence electrons. The van der Waals surface area contributed by atoms with Crippen molar-refractivity contribution in [3.63, 3.8) is 0 Å². The zero-order valence-electron chi connectivity index (χ0n) is 14.3. The molecule has 0 unspecified atom stereocenters. The number of hydrogen-bond donors (Lipinski definition) is 2. The van der Waals surface area contributed by atoms with Crippen LogP contribution in [-0.2, 0) is 4.74 Å². The van der Waals surface area contributed by atoms with Crippen LogP contribution in [0.1, 0.15) is 0 Å². The van der Waals surface area contributed by atoms with Crippen LogP contribution in [0, 0.1) is 5.82 Å². The second kappa shape index (κ2) is 8.59. The van der Waals surface area contributed by atoms with E-state index in [4.69, 9.17) is 15.2 Å². The quantitative estimate of drug-likeness (QED) is 0.823. The fourth-order valence-corrected chi connectivity index (χ4v) is 2.70. The summed E-state index contributed by atoms with van der Waals surface area (Å²) in [4.78, 5) is 17.4. The minimum absolute atomic E-state index is 0.323. The van der Waals surface area contributed by atoms with Gasteiger partial charge in [0.15, 0.2) is 0 Å². The highest BCUT2D eigenvalue weighted by Gasteiger charge is 2.11. The predicted octanol–water partition coefficient (Wildman–Crippen LogP) is 2.09. The van der Waals surface area contributed by atoms with Crippen molar-refractivity contribution < 1.29 is 18.7 Å². The molecule has 0 atom stereocenters. The summed E-state index contributed by atoms with van der Waals surface area (Å²) in [5, 5.41) is 2.43. The van der Waals surface area contributed by atoms with Gasteiger partial charge in [0, 0.05) is 48.7 Å². The fourth-order valence-electron chi connectivity index (χ4n) is 2.70. The number of halogens is 1. The Kier molecular flexibility index (Phi) is 5.98. The number of pyridine rings is 1. The predicted molar refractivity (Wildman–Crippen MR) is 95.6 cm³/mol. The smallest absolute Gasteiger partial charge is 0.316 e. The zero-order chi connectivity index (χ0) is 18.4. The van der Waals surface area contributed by atoms with E-state index in [9.17, 15) is 9.18 Å². The number of nitrogens with one attached hydrogen (secondary N) is 1. The van der Waals surface area contributed by atoms with E-state index in [0.717, 1.165) is 32.8 Å². The van der Waals surface area contributed by atoms with E-state index < -0.39 is 11.8 Å². The van der Waals surface area contributed by atoms with Gasteiger partial charge in [-0.25, -0.2) is 14.2 Å². The summed E-state index contributed by atoms with van der Waals surface area (Å²) in [7, 11) is 0. The van der Waals surface area contributed by atoms with E-state index in [1.165, 1.54) is 24.4 Å². The van der Waals surface area contributed by atoms with Crippen LogP contribution in [0.2, 0.25) is 0 Å². The Bertz CT molecular complexity index is 749. The third-order valence-electron chi connectivity index (χ3n) is 4.04. The molecule has 0 saturated carbocycles. The summed E-state index contributed by atoms with van der Waals surface area (Å²) in [5.74, 6) is 0.0663. The number of carbonyl (C=O) groups is 1. The van der Waals surface area contributed by atoms with Crippen LogP contribution in [0.4, 0.5) is 14.9 Å². The van der Waals surface area contributed by atoms with Crippen molar-refractivity contribution in [3.8, 4) is 17.0 Å². The van der Waals surface area contributed by atoms with Gasteiger partial charge in [-0.1, -0.05) is 0 Å². The number of urea groups is 1. The zero-order valence-corrected chi connectivity index (χ0v) is 14.3. The molecule has 1 aromatic heterocycles. The first-order chi connectivity index (χ1) is 12.6. The Morgan fingerprint density at radius 2 is 2.12 bits per heavy atom. The number of anilines is 1. The molecule has 7 nitrogen and oxygen atoms in total. The van der Waals surface area contributed by atoms with Crippen LogP contribution in [-0.4, -0.2) is 55.4 Å². The van der Waals surface area contributed by atoms with Crippen molar-refractivity contribution in [1.82, 2.24) is 9.88 Å². The van der Waals surface area contributed by atoms with E-state index in [2.05, 4.69) is 15.2 Å². The molecule has 0 spiro atoms. The highest BCUT2D eigenvalue weighted by atomic mass is 19.1. The van der Waals surface area contributed by atoms with Crippen molar-refractivity contribution >= 4 is 11.7 Å². The van der Waals surface area contributed by atoms with Gasteiger partial charge in [0.2, 0.25) is 5.88 Å². The Balaban J connectivity index is 1.61. The second-order valence-electron chi connectivity index (χ2n) is 5.87. The Morgan fingerprint density at radius 3 is 2.81 bits per heavy atom. The standard InChI is InChI=1S/C18H21FN4O3/c19-16-3-2-14(22-18(20)24)11-15(16)13-1-4-17(21-12-13)26-10-7-23-5-8-25-9-6-23/h1-4,11-12H,5-10H2,(H3,20,22,24). The minimum atomic E-state index is -0.704. The Morgan fingerprint density at radius 1 is 1.31 bits per heavy atom. The van der Waals surface area contributed by atoms with Crippen molar-refractivity contribution in [1.29, 1.82) is 0 Å². The number of morpholine rings is 1. The van der Waals surface area contributed by atoms with Gasteiger partial charge in [-0.05, 0) is 24.3 Å². The third kappa shape index (κ3) is 4.90. The first-order valence-electron chi connectivity index (χ1n) is 8.37. The van der Waals surface area contributed by atoms with E-state index in [1.807, 2.05) is 0 Å². The van der Waals surface area contributed by atoms with Gasteiger partial charge in [0.1, 0.15) is 12.4 Å². The molecule has 26 heavy (non-hydrogen) atoms. The molecule has 1 fully saturated rings. The van der Waals surface area contributed by atoms with E-state index >= 15 is 0 Å². The monoisotopic (exact) mass is 360 g/mol. The molecule has 1 aliphatic heterocycles. The van der Waals surface area contributed by atoms with Crippen molar-refractivity contribution in [2.45, 2.75) is 0 Å². The third-order valence-corrected chi connectivity index (χ3v) is 4.04. The molecule has 3 N–H and O–H groups in total. The van der Waals surface area contributed by atoms with Gasteiger partial charge >= 0.3 is 6.03 Å². The average molecular weight is 360 g/mol. The van der Waals surface area contributed by atoms with Gasteiger partial charge in [0.25, 0.3) is 0 Å². The molecule has 2 amide bonds. The summed E-state index contributed by atoms with van der Waals surface area (Å²) < 4.78 is 25.0. The summed E-state index contributed by atoms with van der Waals surface area (Å²) >= 11 is 0. The van der Waals surface area contributed by atoms with Crippen molar-refractivity contribution in [2.75, 3.05) is 44.8 Å². The first kappa shape index (κ1) is 18.1. The number of primary amides is 1. The van der Waals surface area contributed by atoms with Gasteiger partial charge < -0.3 is 20.5 Å². The average Bonchev–Trinajstić information content (AvgIpc) is 2.64. The van der Waals surface area contributed by atoms with Crippen LogP contribution in [0.3, 0.4) is 0 Å². The maximum Gasteiger partial charge on any atom is 0.316 e. The normalized spacial score (nSPS) is 14.8. The molecule has 1 aliphatic rings. The topological polar surface area (TPSA) is 89.7 Å². The molecule has 8 heteroatoms. The van der Waals surface area contributed by atoms with Crippen LogP contribution < -0.4 is 15.8 Å². The maximum atomic E-state index is 14.1. The number of amides is 2. The highest BCUT2D eigenvalue weighted by molar-refractivity contribution is 5.88. The van der Waals surface area contributed by atoms with Crippen LogP contribution in [0.25, 0.3) is 11.1 Å². The molecule has 3 rings (SSSR count). The first-order valence-corrected chi connectivity index (χ1v) is 8.37. The van der Waals surface area contributed by atoms with Gasteiger partial charge in [0.05, 0.1) is 13.2 Å². The molecular weight excluding hydrogens is 339 g/mol. The van der Waals surface area contributed by atoms with Crippen molar-refractivity contribution in [2.24, 2.45) is 5.73 Å². The number of benzene rings is 1. The highest BCUT2D eigenvalue weighted by Crippen LogP contribution is 2.26. The van der Waals surface area contributed by atoms with Crippen LogP contribution >= 0.6 is 0 Å². The summed E-state index contributed by atoms with van der Waals surface area (Å²) in [6.45, 7) is 4.65. The minimum Gasteiger partial charge on any atom is -0.476 e. The summed E-state index contributed by atoms with van der Waals surface area (Å²) in [6, 6.07) is 6.94. The van der Waals surface area contributed by atoms with E-state index in [1.54, 1.807) is 12.1 Å². The van der Waals surface area contributed by atoms with Crippen LogP contribution in [0.5, 0.6) is 5.88 Å².